The van der Waals surface area contributed by atoms with Gasteiger partial charge in [-0.3, -0.25) is 0 Å². The third kappa shape index (κ3) is 3.87. The molecule has 1 heteroatoms. The highest BCUT2D eigenvalue weighted by Crippen LogP contribution is 2.22. The first kappa shape index (κ1) is 12.6. The topological polar surface area (TPSA) is 0 Å². The summed E-state index contributed by atoms with van der Waals surface area (Å²) in [6.07, 6.45) is 2.32. The molecule has 0 aliphatic heterocycles. The second kappa shape index (κ2) is 6.17. The van der Waals surface area contributed by atoms with Gasteiger partial charge in [-0.05, 0) is 30.7 Å². The van der Waals surface area contributed by atoms with Crippen molar-refractivity contribution in [3.8, 4) is 0 Å². The molecule has 0 spiro atoms. The average molecular weight is 225 g/mol. The van der Waals surface area contributed by atoms with Gasteiger partial charge >= 0.3 is 0 Å². The van der Waals surface area contributed by atoms with Crippen molar-refractivity contribution in [2.24, 2.45) is 11.8 Å². The van der Waals surface area contributed by atoms with Gasteiger partial charge in [0.2, 0.25) is 0 Å². The van der Waals surface area contributed by atoms with Gasteiger partial charge in [-0.15, -0.1) is 11.6 Å². The molecular weight excluding hydrogens is 204 g/mol. The molecule has 0 fully saturated rings. The summed E-state index contributed by atoms with van der Waals surface area (Å²) in [5.74, 6) is 2.09. The Labute approximate surface area is 98.7 Å². The molecule has 0 bridgehead atoms. The Morgan fingerprint density at radius 3 is 2.60 bits per heavy atom. The van der Waals surface area contributed by atoms with Gasteiger partial charge in [0.15, 0.2) is 0 Å². The van der Waals surface area contributed by atoms with Gasteiger partial charge < -0.3 is 0 Å². The number of benzene rings is 1. The normalized spacial score (nSPS) is 14.9. The second-order valence-corrected chi connectivity index (χ2v) is 4.80. The van der Waals surface area contributed by atoms with Crippen LogP contribution in [-0.2, 0) is 6.42 Å². The summed E-state index contributed by atoms with van der Waals surface area (Å²) in [5, 5.41) is 0. The number of aryl methyl sites for hydroxylation is 1. The van der Waals surface area contributed by atoms with Gasteiger partial charge in [-0.2, -0.15) is 0 Å². The molecule has 1 aromatic carbocycles. The van der Waals surface area contributed by atoms with Crippen molar-refractivity contribution in [1.82, 2.24) is 0 Å². The Morgan fingerprint density at radius 1 is 1.33 bits per heavy atom. The van der Waals surface area contributed by atoms with Crippen molar-refractivity contribution in [3.63, 3.8) is 0 Å². The number of rotatable bonds is 5. The lowest BCUT2D eigenvalue weighted by molar-refractivity contribution is 0.379. The monoisotopic (exact) mass is 224 g/mol. The van der Waals surface area contributed by atoms with E-state index in [2.05, 4.69) is 45.0 Å². The Balaban J connectivity index is 2.66. The van der Waals surface area contributed by atoms with Crippen molar-refractivity contribution >= 4 is 11.6 Å². The molecule has 0 amide bonds. The van der Waals surface area contributed by atoms with Crippen LogP contribution >= 0.6 is 11.6 Å². The molecule has 84 valence electrons. The highest BCUT2D eigenvalue weighted by atomic mass is 35.5. The van der Waals surface area contributed by atoms with Crippen LogP contribution < -0.4 is 0 Å². The van der Waals surface area contributed by atoms with E-state index in [0.29, 0.717) is 11.8 Å². The summed E-state index contributed by atoms with van der Waals surface area (Å²) in [6, 6.07) is 8.74. The van der Waals surface area contributed by atoms with E-state index in [0.717, 1.165) is 12.3 Å². The fourth-order valence-electron chi connectivity index (χ4n) is 1.88. The van der Waals surface area contributed by atoms with E-state index in [9.17, 15) is 0 Å². The van der Waals surface area contributed by atoms with Crippen LogP contribution in [0, 0.1) is 18.8 Å². The highest BCUT2D eigenvalue weighted by molar-refractivity contribution is 6.18. The minimum Gasteiger partial charge on any atom is -0.126 e. The van der Waals surface area contributed by atoms with E-state index in [-0.39, 0.29) is 0 Å². The Hall–Kier alpha value is -0.490. The van der Waals surface area contributed by atoms with E-state index in [1.807, 2.05) is 0 Å². The average Bonchev–Trinajstić information content (AvgIpc) is 2.25. The second-order valence-electron chi connectivity index (χ2n) is 4.49. The number of hydrogen-bond acceptors (Lipinski definition) is 0. The van der Waals surface area contributed by atoms with Crippen LogP contribution in [0.2, 0.25) is 0 Å². The van der Waals surface area contributed by atoms with Crippen LogP contribution in [0.25, 0.3) is 0 Å². The summed E-state index contributed by atoms with van der Waals surface area (Å²) >= 11 is 6.03. The molecule has 0 heterocycles. The quantitative estimate of drug-likeness (QED) is 0.649. The first-order chi connectivity index (χ1) is 7.17. The predicted molar refractivity (Wildman–Crippen MR) is 68.5 cm³/mol. The van der Waals surface area contributed by atoms with Gasteiger partial charge in [0.25, 0.3) is 0 Å². The molecular formula is C14H21Cl. The molecule has 15 heavy (non-hydrogen) atoms. The SMILES string of the molecule is CCC(C)C(CCl)Cc1cccc(C)c1. The zero-order valence-electron chi connectivity index (χ0n) is 9.96. The molecule has 0 aliphatic rings. The van der Waals surface area contributed by atoms with Crippen LogP contribution in [0.15, 0.2) is 24.3 Å². The van der Waals surface area contributed by atoms with Crippen LogP contribution in [0.4, 0.5) is 0 Å². The predicted octanol–water partition coefficient (Wildman–Crippen LogP) is 4.44. The first-order valence-corrected chi connectivity index (χ1v) is 6.32. The maximum Gasteiger partial charge on any atom is 0.0257 e. The standard InChI is InChI=1S/C14H21Cl/c1-4-12(3)14(10-15)9-13-7-5-6-11(2)8-13/h5-8,12,14H,4,9-10H2,1-3H3. The van der Waals surface area contributed by atoms with Crippen molar-refractivity contribution in [2.45, 2.75) is 33.6 Å². The molecule has 2 unspecified atom stereocenters. The van der Waals surface area contributed by atoms with Crippen LogP contribution in [-0.4, -0.2) is 5.88 Å². The number of hydrogen-bond donors (Lipinski definition) is 0. The van der Waals surface area contributed by atoms with E-state index in [4.69, 9.17) is 11.6 Å². The van der Waals surface area contributed by atoms with E-state index in [1.165, 1.54) is 17.5 Å². The summed E-state index contributed by atoms with van der Waals surface area (Å²) in [6.45, 7) is 6.67. The lowest BCUT2D eigenvalue weighted by atomic mass is 9.87. The molecule has 0 radical (unpaired) electrons. The molecule has 0 nitrogen and oxygen atoms in total. The minimum absolute atomic E-state index is 0.610. The summed E-state index contributed by atoms with van der Waals surface area (Å²) in [5.41, 5.74) is 2.76. The summed E-state index contributed by atoms with van der Waals surface area (Å²) < 4.78 is 0. The molecule has 2 atom stereocenters. The molecule has 0 N–H and O–H groups in total. The van der Waals surface area contributed by atoms with Crippen molar-refractivity contribution in [3.05, 3.63) is 35.4 Å². The van der Waals surface area contributed by atoms with Crippen LogP contribution in [0.3, 0.4) is 0 Å². The largest absolute Gasteiger partial charge is 0.126 e. The van der Waals surface area contributed by atoms with Gasteiger partial charge in [-0.25, -0.2) is 0 Å². The van der Waals surface area contributed by atoms with Gasteiger partial charge in [0.1, 0.15) is 0 Å². The first-order valence-electron chi connectivity index (χ1n) is 5.78. The van der Waals surface area contributed by atoms with E-state index in [1.54, 1.807) is 0 Å². The van der Waals surface area contributed by atoms with Crippen LogP contribution in [0.1, 0.15) is 31.4 Å². The summed E-state index contributed by atoms with van der Waals surface area (Å²) in [4.78, 5) is 0. The molecule has 0 aliphatic carbocycles. The zero-order chi connectivity index (χ0) is 11.3. The Bertz CT molecular complexity index is 293. The van der Waals surface area contributed by atoms with E-state index >= 15 is 0 Å². The molecule has 0 saturated carbocycles. The van der Waals surface area contributed by atoms with Gasteiger partial charge in [0.05, 0.1) is 0 Å². The molecule has 0 saturated heterocycles. The summed E-state index contributed by atoms with van der Waals surface area (Å²) in [7, 11) is 0. The highest BCUT2D eigenvalue weighted by Gasteiger charge is 2.15. The lowest BCUT2D eigenvalue weighted by Gasteiger charge is -2.20. The maximum atomic E-state index is 6.03. The Kier molecular flexibility index (Phi) is 5.17. The smallest absolute Gasteiger partial charge is 0.0257 e. The van der Waals surface area contributed by atoms with Crippen molar-refractivity contribution in [1.29, 1.82) is 0 Å². The molecule has 0 aromatic heterocycles. The Morgan fingerprint density at radius 2 is 2.07 bits per heavy atom. The lowest BCUT2D eigenvalue weighted by Crippen LogP contribution is -2.15. The van der Waals surface area contributed by atoms with Crippen LogP contribution in [0.5, 0.6) is 0 Å². The third-order valence-corrected chi connectivity index (χ3v) is 3.62. The number of halogens is 1. The van der Waals surface area contributed by atoms with Gasteiger partial charge in [-0.1, -0.05) is 50.1 Å². The van der Waals surface area contributed by atoms with E-state index < -0.39 is 0 Å². The fourth-order valence-corrected chi connectivity index (χ4v) is 2.30. The molecule has 1 aromatic rings. The van der Waals surface area contributed by atoms with Gasteiger partial charge in [0, 0.05) is 5.88 Å². The maximum absolute atomic E-state index is 6.03. The minimum atomic E-state index is 0.610. The zero-order valence-corrected chi connectivity index (χ0v) is 10.7. The third-order valence-electron chi connectivity index (χ3n) is 3.23. The van der Waals surface area contributed by atoms with Crippen molar-refractivity contribution in [2.75, 3.05) is 5.88 Å². The van der Waals surface area contributed by atoms with Crippen molar-refractivity contribution < 1.29 is 0 Å². The number of alkyl halides is 1. The molecule has 1 rings (SSSR count). The fraction of sp³-hybridized carbons (Fsp3) is 0.571.